The number of hydrogen-bond donors (Lipinski definition) is 1. The summed E-state index contributed by atoms with van der Waals surface area (Å²) in [6.07, 6.45) is 0. The molecule has 0 atom stereocenters. The molecule has 0 saturated carbocycles. The second kappa shape index (κ2) is 12.2. The third kappa shape index (κ3) is 5.64. The average molecular weight is 456 g/mol. The number of nitrogens with zero attached hydrogens (tertiary/aromatic N) is 2. The van der Waals surface area contributed by atoms with Crippen molar-refractivity contribution in [1.29, 1.82) is 0 Å². The molecule has 1 aromatic heterocycles. The van der Waals surface area contributed by atoms with Crippen LogP contribution in [0.4, 0.5) is 0 Å². The number of carbonyl (C=O) groups is 1. The first-order chi connectivity index (χ1) is 15.1. The fourth-order valence-electron chi connectivity index (χ4n) is 3.62. The Morgan fingerprint density at radius 2 is 1.50 bits per heavy atom. The molecule has 3 aromatic rings. The fraction of sp³-hybridized carbons (Fsp3) is 0.320. The fourth-order valence-corrected chi connectivity index (χ4v) is 3.62. The van der Waals surface area contributed by atoms with E-state index in [9.17, 15) is 9.59 Å². The molecule has 3 rings (SSSR count). The number of carbonyl (C=O) groups excluding carboxylic acids is 1. The zero-order chi connectivity index (χ0) is 22.2. The quantitative estimate of drug-likeness (QED) is 0.449. The van der Waals surface area contributed by atoms with Crippen LogP contribution in [0.5, 0.6) is 0 Å². The number of ether oxygens (including phenoxy) is 1. The monoisotopic (exact) mass is 455 g/mol. The van der Waals surface area contributed by atoms with Gasteiger partial charge in [0.15, 0.2) is 0 Å². The van der Waals surface area contributed by atoms with Crippen molar-refractivity contribution in [1.82, 2.24) is 9.78 Å². The first kappa shape index (κ1) is 25.3. The van der Waals surface area contributed by atoms with E-state index in [1.807, 2.05) is 67.6 Å². The van der Waals surface area contributed by atoms with Gasteiger partial charge in [-0.3, -0.25) is 4.79 Å². The summed E-state index contributed by atoms with van der Waals surface area (Å²) in [6.45, 7) is 9.28. The van der Waals surface area contributed by atoms with Crippen LogP contribution in [-0.2, 0) is 11.3 Å². The first-order valence-corrected chi connectivity index (χ1v) is 10.9. The smallest absolute Gasteiger partial charge is 0.344 e. The maximum atomic E-state index is 13.2. The number of hydrogen-bond acceptors (Lipinski definition) is 4. The molecule has 32 heavy (non-hydrogen) atoms. The van der Waals surface area contributed by atoms with Gasteiger partial charge >= 0.3 is 5.97 Å². The molecule has 0 fully saturated rings. The minimum absolute atomic E-state index is 0. The third-order valence-corrected chi connectivity index (χ3v) is 5.46. The molecule has 0 unspecified atom stereocenters. The van der Waals surface area contributed by atoms with Crippen molar-refractivity contribution < 1.29 is 26.8 Å². The lowest BCUT2D eigenvalue weighted by molar-refractivity contribution is -0.896. The lowest BCUT2D eigenvalue weighted by atomic mass is 9.95. The van der Waals surface area contributed by atoms with Crippen LogP contribution in [0.2, 0.25) is 0 Å². The van der Waals surface area contributed by atoms with Crippen molar-refractivity contribution in [2.45, 2.75) is 27.3 Å². The topological polar surface area (TPSA) is 65.6 Å². The van der Waals surface area contributed by atoms with Gasteiger partial charge in [0.2, 0.25) is 0 Å². The molecule has 0 aliphatic carbocycles. The van der Waals surface area contributed by atoms with E-state index in [1.54, 1.807) is 0 Å². The zero-order valence-electron chi connectivity index (χ0n) is 18.8. The molecular formula is C25H30ClN3O3. The van der Waals surface area contributed by atoms with Gasteiger partial charge in [0.05, 0.1) is 18.8 Å². The summed E-state index contributed by atoms with van der Waals surface area (Å²) in [5.41, 5.74) is 2.31. The van der Waals surface area contributed by atoms with E-state index in [0.717, 1.165) is 24.2 Å². The summed E-state index contributed by atoms with van der Waals surface area (Å²) in [5.74, 6) is -0.600. The highest BCUT2D eigenvalue weighted by molar-refractivity contribution is 6.00. The van der Waals surface area contributed by atoms with Crippen molar-refractivity contribution in [2.24, 2.45) is 0 Å². The number of nitrogens with one attached hydrogen (secondary N) is 1. The Kier molecular flexibility index (Phi) is 9.62. The molecule has 0 saturated heterocycles. The Morgan fingerprint density at radius 3 is 2.03 bits per heavy atom. The van der Waals surface area contributed by atoms with Gasteiger partial charge in [-0.2, -0.15) is 5.10 Å². The summed E-state index contributed by atoms with van der Waals surface area (Å²) in [5, 5.41) is 4.61. The summed E-state index contributed by atoms with van der Waals surface area (Å²) >= 11 is 0. The van der Waals surface area contributed by atoms with Gasteiger partial charge < -0.3 is 22.0 Å². The minimum Gasteiger partial charge on any atom is -1.00 e. The van der Waals surface area contributed by atoms with E-state index in [1.165, 1.54) is 9.58 Å². The Labute approximate surface area is 195 Å². The van der Waals surface area contributed by atoms with E-state index in [2.05, 4.69) is 18.9 Å². The van der Waals surface area contributed by atoms with E-state index in [4.69, 9.17) is 4.74 Å². The molecule has 0 aliphatic rings. The summed E-state index contributed by atoms with van der Waals surface area (Å²) in [6, 6.07) is 19.0. The molecule has 170 valence electrons. The van der Waals surface area contributed by atoms with Gasteiger partial charge in [0.25, 0.3) is 5.56 Å². The van der Waals surface area contributed by atoms with Gasteiger partial charge in [-0.1, -0.05) is 60.7 Å². The number of halogens is 1. The predicted octanol–water partition coefficient (Wildman–Crippen LogP) is -0.317. The number of benzene rings is 2. The van der Waals surface area contributed by atoms with Crippen LogP contribution in [0, 0.1) is 0 Å². The Bertz CT molecular complexity index is 1070. The normalized spacial score (nSPS) is 10.6. The minimum atomic E-state index is -0.600. The maximum Gasteiger partial charge on any atom is 0.344 e. The predicted molar refractivity (Wildman–Crippen MR) is 122 cm³/mol. The van der Waals surface area contributed by atoms with E-state index in [0.29, 0.717) is 24.3 Å². The van der Waals surface area contributed by atoms with Crippen LogP contribution in [0.25, 0.3) is 22.4 Å². The molecule has 0 aliphatic heterocycles. The number of quaternary nitrogens is 1. The van der Waals surface area contributed by atoms with E-state index < -0.39 is 11.5 Å². The van der Waals surface area contributed by atoms with Crippen LogP contribution < -0.4 is 22.9 Å². The SMILES string of the molecule is CCn1nc(-c2ccccc2)c(-c2ccccc2)c(C(=O)OCC[NH+](CC)CC)c1=O.[Cl-]. The maximum absolute atomic E-state index is 13.2. The van der Waals surface area contributed by atoms with Crippen LogP contribution >= 0.6 is 0 Å². The van der Waals surface area contributed by atoms with Crippen LogP contribution in [0.1, 0.15) is 31.1 Å². The van der Waals surface area contributed by atoms with Crippen molar-refractivity contribution >= 4 is 5.97 Å². The van der Waals surface area contributed by atoms with E-state index >= 15 is 0 Å². The van der Waals surface area contributed by atoms with Crippen molar-refractivity contribution in [2.75, 3.05) is 26.2 Å². The highest BCUT2D eigenvalue weighted by atomic mass is 35.5. The molecule has 0 spiro atoms. The number of aryl methyl sites for hydroxylation is 1. The van der Waals surface area contributed by atoms with E-state index in [-0.39, 0.29) is 24.6 Å². The third-order valence-electron chi connectivity index (χ3n) is 5.46. The van der Waals surface area contributed by atoms with Crippen LogP contribution in [0.3, 0.4) is 0 Å². The van der Waals surface area contributed by atoms with Crippen LogP contribution in [0.15, 0.2) is 65.5 Å². The average Bonchev–Trinajstić information content (AvgIpc) is 2.82. The largest absolute Gasteiger partial charge is 1.00 e. The van der Waals surface area contributed by atoms with Gasteiger partial charge in [0.1, 0.15) is 18.7 Å². The second-order valence-corrected chi connectivity index (χ2v) is 7.29. The van der Waals surface area contributed by atoms with Gasteiger partial charge in [0, 0.05) is 17.7 Å². The molecule has 1 N–H and O–H groups in total. The highest BCUT2D eigenvalue weighted by Crippen LogP contribution is 2.32. The van der Waals surface area contributed by atoms with Crippen LogP contribution in [-0.4, -0.2) is 42.0 Å². The van der Waals surface area contributed by atoms with Gasteiger partial charge in [-0.05, 0) is 26.3 Å². The Morgan fingerprint density at radius 1 is 0.938 bits per heavy atom. The molecule has 7 heteroatoms. The van der Waals surface area contributed by atoms with Crippen molar-refractivity contribution in [3.8, 4) is 22.4 Å². The molecule has 2 aromatic carbocycles. The highest BCUT2D eigenvalue weighted by Gasteiger charge is 2.26. The zero-order valence-corrected chi connectivity index (χ0v) is 19.6. The number of aromatic nitrogens is 2. The number of rotatable bonds is 9. The van der Waals surface area contributed by atoms with Gasteiger partial charge in [-0.15, -0.1) is 0 Å². The lowest BCUT2D eigenvalue weighted by Gasteiger charge is -2.17. The molecule has 0 radical (unpaired) electrons. The van der Waals surface area contributed by atoms with Crippen molar-refractivity contribution in [3.63, 3.8) is 0 Å². The second-order valence-electron chi connectivity index (χ2n) is 7.29. The Balaban J connectivity index is 0.00000363. The van der Waals surface area contributed by atoms with Gasteiger partial charge in [-0.25, -0.2) is 9.48 Å². The molecule has 0 amide bonds. The summed E-state index contributed by atoms with van der Waals surface area (Å²) in [7, 11) is 0. The summed E-state index contributed by atoms with van der Waals surface area (Å²) < 4.78 is 6.93. The molecule has 0 bridgehead atoms. The number of esters is 1. The molecule has 1 heterocycles. The molecular weight excluding hydrogens is 426 g/mol. The first-order valence-electron chi connectivity index (χ1n) is 10.9. The molecule has 6 nitrogen and oxygen atoms in total. The lowest BCUT2D eigenvalue weighted by Crippen LogP contribution is -3.11. The Hall–Kier alpha value is -2.96. The summed E-state index contributed by atoms with van der Waals surface area (Å²) in [4.78, 5) is 27.8. The van der Waals surface area contributed by atoms with Crippen molar-refractivity contribution in [3.05, 3.63) is 76.6 Å². The standard InChI is InChI=1S/C25H29N3O3.ClH/c1-4-27(5-2)17-18-31-25(30)22-21(19-13-9-7-10-14-19)23(20-15-11-8-12-16-20)26-28(6-3)24(22)29;/h7-16H,4-6,17-18H2,1-3H3;1H. The number of likely N-dealkylation sites (N-methyl/N-ethyl adjacent to an activating group) is 1.